The molecule has 33 heavy (non-hydrogen) atoms. The summed E-state index contributed by atoms with van der Waals surface area (Å²) in [5, 5.41) is 19.2. The van der Waals surface area contributed by atoms with Crippen LogP contribution in [0.15, 0.2) is 24.5 Å². The van der Waals surface area contributed by atoms with Crippen molar-refractivity contribution < 1.29 is 14.2 Å². The highest BCUT2D eigenvalue weighted by Gasteiger charge is 2.30. The molecule has 0 aliphatic carbocycles. The first-order valence-corrected chi connectivity index (χ1v) is 11.0. The number of aliphatic hydroxyl groups excluding tert-OH is 1. The van der Waals surface area contributed by atoms with Gasteiger partial charge in [-0.1, -0.05) is 0 Å². The average Bonchev–Trinajstić information content (AvgIpc) is 3.42. The van der Waals surface area contributed by atoms with E-state index in [4.69, 9.17) is 15.5 Å². The third kappa shape index (κ3) is 3.82. The van der Waals surface area contributed by atoms with Gasteiger partial charge in [0.25, 0.3) is 0 Å². The highest BCUT2D eigenvalue weighted by atomic mass is 19.1. The number of aromatic nitrogens is 6. The number of piperidine rings is 1. The average molecular weight is 455 g/mol. The molecule has 3 aromatic heterocycles. The maximum atomic E-state index is 14.4. The van der Waals surface area contributed by atoms with E-state index in [1.165, 1.54) is 23.8 Å². The largest absolute Gasteiger partial charge is 0.494 e. The Morgan fingerprint density at radius 2 is 2.12 bits per heavy atom. The first kappa shape index (κ1) is 21.4. The van der Waals surface area contributed by atoms with E-state index in [-0.39, 0.29) is 17.6 Å². The second kappa shape index (κ2) is 8.14. The summed E-state index contributed by atoms with van der Waals surface area (Å²) in [7, 11) is 1.41. The van der Waals surface area contributed by atoms with Crippen LogP contribution >= 0.6 is 0 Å². The molecular weight excluding hydrogens is 427 g/mol. The Labute approximate surface area is 189 Å². The van der Waals surface area contributed by atoms with Gasteiger partial charge in [-0.05, 0) is 32.8 Å². The number of rotatable bonds is 5. The van der Waals surface area contributed by atoms with Crippen LogP contribution in [0.5, 0.6) is 5.75 Å². The summed E-state index contributed by atoms with van der Waals surface area (Å²) in [6.45, 7) is 5.08. The number of methoxy groups -OCH3 is 1. The lowest BCUT2D eigenvalue weighted by Crippen LogP contribution is -2.41. The van der Waals surface area contributed by atoms with Gasteiger partial charge in [0.05, 0.1) is 37.2 Å². The molecule has 1 aliphatic heterocycles. The molecule has 0 amide bonds. The van der Waals surface area contributed by atoms with E-state index in [0.717, 1.165) is 18.5 Å². The van der Waals surface area contributed by atoms with Gasteiger partial charge >= 0.3 is 0 Å². The van der Waals surface area contributed by atoms with Crippen LogP contribution < -0.4 is 15.4 Å². The Morgan fingerprint density at radius 1 is 1.30 bits per heavy atom. The number of hydrogen-bond acceptors (Lipinski definition) is 8. The van der Waals surface area contributed by atoms with Gasteiger partial charge in [0.2, 0.25) is 5.95 Å². The Balaban J connectivity index is 1.49. The van der Waals surface area contributed by atoms with Gasteiger partial charge in [-0.2, -0.15) is 9.61 Å². The number of nitrogen functional groups attached to an aromatic ring is 1. The Bertz CT molecular complexity index is 1320. The smallest absolute Gasteiger partial charge is 0.223 e. The molecule has 3 atom stereocenters. The Hall–Kier alpha value is -3.47. The number of nitrogens with two attached hydrogens (primary N) is 1. The zero-order valence-electron chi connectivity index (χ0n) is 18.8. The van der Waals surface area contributed by atoms with Gasteiger partial charge in [-0.25, -0.2) is 14.4 Å². The molecule has 11 heteroatoms. The van der Waals surface area contributed by atoms with Gasteiger partial charge in [-0.15, -0.1) is 5.10 Å². The second-order valence-corrected chi connectivity index (χ2v) is 8.72. The zero-order valence-corrected chi connectivity index (χ0v) is 18.8. The molecule has 0 radical (unpaired) electrons. The molecule has 0 unspecified atom stereocenters. The van der Waals surface area contributed by atoms with Crippen LogP contribution in [-0.2, 0) is 6.54 Å². The number of benzene rings is 1. The standard InChI is InChI=1S/C22H27FN8O2/c1-12-4-5-14(10-30(12)15-8-25-29(11-15)9-13(2)32)20-27-21-16-6-17(23)19(33-3)7-18(16)26-22(24)31(21)28-20/h6-8,11-14,32H,4-5,9-10H2,1-3H3,(H2,24,26)/t12-,13+,14+/m0/s1. The van der Waals surface area contributed by atoms with E-state index < -0.39 is 11.9 Å². The summed E-state index contributed by atoms with van der Waals surface area (Å²) in [5.41, 5.74) is 8.13. The van der Waals surface area contributed by atoms with Gasteiger partial charge in [0.1, 0.15) is 0 Å². The van der Waals surface area contributed by atoms with Gasteiger partial charge in [0.15, 0.2) is 23.0 Å². The molecule has 3 N–H and O–H groups in total. The fraction of sp³-hybridized carbons (Fsp3) is 0.455. The highest BCUT2D eigenvalue weighted by molar-refractivity contribution is 5.93. The van der Waals surface area contributed by atoms with Crippen molar-refractivity contribution in [2.75, 3.05) is 24.3 Å². The molecule has 0 spiro atoms. The number of ether oxygens (including phenoxy) is 1. The van der Waals surface area contributed by atoms with Gasteiger partial charge in [0, 0.05) is 36.2 Å². The third-order valence-electron chi connectivity index (χ3n) is 6.24. The highest BCUT2D eigenvalue weighted by Crippen LogP contribution is 2.33. The molecule has 1 saturated heterocycles. The van der Waals surface area contributed by atoms with Crippen LogP contribution in [0.4, 0.5) is 16.0 Å². The van der Waals surface area contributed by atoms with Crippen LogP contribution in [0.2, 0.25) is 0 Å². The van der Waals surface area contributed by atoms with E-state index in [1.807, 2.05) is 12.4 Å². The van der Waals surface area contributed by atoms with E-state index >= 15 is 0 Å². The molecule has 1 aliphatic rings. The molecule has 0 saturated carbocycles. The lowest BCUT2D eigenvalue weighted by molar-refractivity contribution is 0.168. The minimum absolute atomic E-state index is 0.0683. The normalized spacial score (nSPS) is 20.0. The SMILES string of the molecule is COc1cc2nc(N)n3nc([C@@H]4CC[C@H](C)N(c5cnn(C[C@@H](C)O)c5)C4)nc3c2cc1F. The molecule has 1 fully saturated rings. The summed E-state index contributed by atoms with van der Waals surface area (Å²) in [4.78, 5) is 11.4. The first-order chi connectivity index (χ1) is 15.8. The lowest BCUT2D eigenvalue weighted by atomic mass is 9.92. The van der Waals surface area contributed by atoms with Gasteiger partial charge < -0.3 is 20.5 Å². The number of halogens is 1. The van der Waals surface area contributed by atoms with E-state index in [0.29, 0.717) is 41.5 Å². The third-order valence-corrected chi connectivity index (χ3v) is 6.24. The first-order valence-electron chi connectivity index (χ1n) is 11.0. The zero-order chi connectivity index (χ0) is 23.3. The molecule has 1 aromatic carbocycles. The van der Waals surface area contributed by atoms with Crippen molar-refractivity contribution in [2.45, 2.75) is 51.3 Å². The lowest BCUT2D eigenvalue weighted by Gasteiger charge is -2.37. The Kier molecular flexibility index (Phi) is 5.28. The minimum Gasteiger partial charge on any atom is -0.494 e. The maximum absolute atomic E-state index is 14.4. The van der Waals surface area contributed by atoms with Crippen LogP contribution in [-0.4, -0.2) is 60.3 Å². The van der Waals surface area contributed by atoms with Crippen molar-refractivity contribution in [2.24, 2.45) is 0 Å². The van der Waals surface area contributed by atoms with Crippen molar-refractivity contribution in [3.05, 3.63) is 36.2 Å². The van der Waals surface area contributed by atoms with Crippen molar-refractivity contribution in [1.82, 2.24) is 29.4 Å². The minimum atomic E-state index is -0.491. The topological polar surface area (TPSA) is 120 Å². The molecule has 5 rings (SSSR count). The maximum Gasteiger partial charge on any atom is 0.223 e. The second-order valence-electron chi connectivity index (χ2n) is 8.72. The summed E-state index contributed by atoms with van der Waals surface area (Å²) < 4.78 is 22.7. The number of fused-ring (bicyclic) bond motifs is 3. The fourth-order valence-electron chi connectivity index (χ4n) is 4.53. The number of aliphatic hydroxyl groups is 1. The molecule has 4 heterocycles. The number of hydrogen-bond donors (Lipinski definition) is 2. The van der Waals surface area contributed by atoms with Crippen LogP contribution in [0.1, 0.15) is 38.4 Å². The fourth-order valence-corrected chi connectivity index (χ4v) is 4.53. The quantitative estimate of drug-likeness (QED) is 0.472. The van der Waals surface area contributed by atoms with Crippen molar-refractivity contribution in [1.29, 1.82) is 0 Å². The summed E-state index contributed by atoms with van der Waals surface area (Å²) >= 11 is 0. The molecule has 0 bridgehead atoms. The molecule has 174 valence electrons. The summed E-state index contributed by atoms with van der Waals surface area (Å²) in [5.74, 6) is 0.519. The molecular formula is C22H27FN8O2. The van der Waals surface area contributed by atoms with Crippen molar-refractivity contribution >= 4 is 28.2 Å². The van der Waals surface area contributed by atoms with Gasteiger partial charge in [-0.3, -0.25) is 4.68 Å². The number of anilines is 2. The summed E-state index contributed by atoms with van der Waals surface area (Å²) in [6.07, 6.45) is 5.19. The van der Waals surface area contributed by atoms with E-state index in [2.05, 4.69) is 27.0 Å². The van der Waals surface area contributed by atoms with Crippen LogP contribution in [0.25, 0.3) is 16.6 Å². The van der Waals surface area contributed by atoms with Crippen LogP contribution in [0, 0.1) is 5.82 Å². The predicted octanol–water partition coefficient (Wildman–Crippen LogP) is 2.36. The molecule has 4 aromatic rings. The van der Waals surface area contributed by atoms with Crippen molar-refractivity contribution in [3.8, 4) is 5.75 Å². The molecule has 10 nitrogen and oxygen atoms in total. The Morgan fingerprint density at radius 3 is 2.88 bits per heavy atom. The summed E-state index contributed by atoms with van der Waals surface area (Å²) in [6, 6.07) is 3.21. The predicted molar refractivity (Wildman–Crippen MR) is 122 cm³/mol. The monoisotopic (exact) mass is 454 g/mol. The van der Waals surface area contributed by atoms with E-state index in [9.17, 15) is 9.50 Å². The number of nitrogens with zero attached hydrogens (tertiary/aromatic N) is 7. The van der Waals surface area contributed by atoms with Crippen LogP contribution in [0.3, 0.4) is 0 Å². The van der Waals surface area contributed by atoms with Crippen molar-refractivity contribution in [3.63, 3.8) is 0 Å². The van der Waals surface area contributed by atoms with E-state index in [1.54, 1.807) is 11.6 Å².